The van der Waals surface area contributed by atoms with Gasteiger partial charge in [-0.2, -0.15) is 0 Å². The molecule has 3 N–H and O–H groups in total. The summed E-state index contributed by atoms with van der Waals surface area (Å²) in [6.45, 7) is 1.80. The fraction of sp³-hybridized carbons (Fsp3) is 0.231. The number of hydrogen-bond acceptors (Lipinski definition) is 4. The summed E-state index contributed by atoms with van der Waals surface area (Å²) < 4.78 is 13.4. The lowest BCUT2D eigenvalue weighted by molar-refractivity contribution is 0.533. The van der Waals surface area contributed by atoms with Gasteiger partial charge in [-0.1, -0.05) is 17.7 Å². The van der Waals surface area contributed by atoms with Crippen molar-refractivity contribution in [3.05, 3.63) is 58.4 Å². The van der Waals surface area contributed by atoms with E-state index >= 15 is 0 Å². The second-order valence-corrected chi connectivity index (χ2v) is 4.61. The van der Waals surface area contributed by atoms with Crippen LogP contribution in [0.25, 0.3) is 0 Å². The summed E-state index contributed by atoms with van der Waals surface area (Å²) in [5.41, 5.74) is 4.24. The van der Waals surface area contributed by atoms with Crippen LogP contribution in [0.2, 0.25) is 5.02 Å². The highest BCUT2D eigenvalue weighted by Crippen LogP contribution is 2.20. The lowest BCUT2D eigenvalue weighted by Gasteiger charge is -2.15. The molecule has 0 bridgehead atoms. The first-order chi connectivity index (χ1) is 9.10. The van der Waals surface area contributed by atoms with Crippen LogP contribution in [0, 0.1) is 12.7 Å². The molecule has 0 fully saturated rings. The van der Waals surface area contributed by atoms with Crippen molar-refractivity contribution in [2.45, 2.75) is 19.4 Å². The largest absolute Gasteiger partial charge is 0.271 e. The maximum atomic E-state index is 13.4. The number of rotatable bonds is 4. The Morgan fingerprint density at radius 3 is 2.84 bits per heavy atom. The molecule has 1 aromatic carbocycles. The Morgan fingerprint density at radius 2 is 2.21 bits per heavy atom. The molecule has 0 saturated carbocycles. The monoisotopic (exact) mass is 280 g/mol. The molecule has 4 nitrogen and oxygen atoms in total. The molecule has 6 heteroatoms. The normalized spacial score (nSPS) is 12.4. The van der Waals surface area contributed by atoms with Crippen LogP contribution in [-0.2, 0) is 6.42 Å². The Labute approximate surface area is 115 Å². The van der Waals surface area contributed by atoms with Crippen LogP contribution in [0.5, 0.6) is 0 Å². The van der Waals surface area contributed by atoms with Gasteiger partial charge in [0.05, 0.1) is 16.8 Å². The molecule has 19 heavy (non-hydrogen) atoms. The summed E-state index contributed by atoms with van der Waals surface area (Å²) in [4.78, 5) is 8.34. The van der Waals surface area contributed by atoms with Crippen molar-refractivity contribution in [3.8, 4) is 0 Å². The van der Waals surface area contributed by atoms with Crippen molar-refractivity contribution in [1.29, 1.82) is 0 Å². The Bertz CT molecular complexity index is 576. The van der Waals surface area contributed by atoms with E-state index in [1.807, 2.05) is 0 Å². The van der Waals surface area contributed by atoms with Crippen molar-refractivity contribution >= 4 is 11.6 Å². The molecule has 1 aromatic heterocycles. The first-order valence-corrected chi connectivity index (χ1v) is 6.17. The molecule has 0 aliphatic rings. The molecule has 0 radical (unpaired) electrons. The molecule has 0 saturated heterocycles. The summed E-state index contributed by atoms with van der Waals surface area (Å²) in [6, 6.07) is 6.28. The third-order valence-corrected chi connectivity index (χ3v) is 3.09. The van der Waals surface area contributed by atoms with Crippen LogP contribution in [0.3, 0.4) is 0 Å². The van der Waals surface area contributed by atoms with Gasteiger partial charge in [0.2, 0.25) is 0 Å². The van der Waals surface area contributed by atoms with E-state index in [0.29, 0.717) is 12.2 Å². The molecule has 2 rings (SSSR count). The molecule has 1 unspecified atom stereocenters. The number of hydrogen-bond donors (Lipinski definition) is 2. The molecular formula is C13H14ClFN4. The van der Waals surface area contributed by atoms with Crippen LogP contribution in [0.15, 0.2) is 30.5 Å². The highest BCUT2D eigenvalue weighted by molar-refractivity contribution is 6.30. The maximum Gasteiger partial charge on any atom is 0.142 e. The quantitative estimate of drug-likeness (QED) is 0.666. The smallest absolute Gasteiger partial charge is 0.142 e. The van der Waals surface area contributed by atoms with Crippen LogP contribution in [0.1, 0.15) is 23.1 Å². The van der Waals surface area contributed by atoms with E-state index in [9.17, 15) is 4.39 Å². The second-order valence-electron chi connectivity index (χ2n) is 4.20. The number of aromatic nitrogens is 2. The minimum Gasteiger partial charge on any atom is -0.271 e. The maximum absolute atomic E-state index is 13.4. The number of halogens is 2. The number of nitrogens with two attached hydrogens (primary N) is 1. The zero-order valence-electron chi connectivity index (χ0n) is 10.4. The van der Waals surface area contributed by atoms with Crippen LogP contribution < -0.4 is 11.3 Å². The van der Waals surface area contributed by atoms with Crippen molar-refractivity contribution in [2.24, 2.45) is 5.84 Å². The van der Waals surface area contributed by atoms with E-state index in [1.165, 1.54) is 12.1 Å². The number of nitrogens with one attached hydrogen (secondary N) is 1. The summed E-state index contributed by atoms with van der Waals surface area (Å²) in [5, 5.41) is 0.110. The molecule has 2 aromatic rings. The highest BCUT2D eigenvalue weighted by atomic mass is 35.5. The summed E-state index contributed by atoms with van der Waals surface area (Å²) >= 11 is 5.65. The van der Waals surface area contributed by atoms with Crippen molar-refractivity contribution in [1.82, 2.24) is 15.4 Å². The minimum absolute atomic E-state index is 0.110. The van der Waals surface area contributed by atoms with E-state index in [-0.39, 0.29) is 11.1 Å². The fourth-order valence-electron chi connectivity index (χ4n) is 1.82. The molecule has 0 amide bonds. The first kappa shape index (κ1) is 13.9. The lowest BCUT2D eigenvalue weighted by Crippen LogP contribution is -2.30. The first-order valence-electron chi connectivity index (χ1n) is 5.79. The third kappa shape index (κ3) is 3.47. The van der Waals surface area contributed by atoms with Gasteiger partial charge < -0.3 is 0 Å². The van der Waals surface area contributed by atoms with Gasteiger partial charge in [-0.3, -0.25) is 11.3 Å². The summed E-state index contributed by atoms with van der Waals surface area (Å²) in [5.74, 6) is 5.77. The fourth-order valence-corrected chi connectivity index (χ4v) is 1.94. The summed E-state index contributed by atoms with van der Waals surface area (Å²) in [7, 11) is 0. The van der Waals surface area contributed by atoms with Gasteiger partial charge in [-0.15, -0.1) is 0 Å². The average molecular weight is 281 g/mol. The summed E-state index contributed by atoms with van der Waals surface area (Å²) in [6.07, 6.45) is 2.19. The Hall–Kier alpha value is -1.56. The van der Waals surface area contributed by atoms with E-state index in [1.54, 1.807) is 25.3 Å². The van der Waals surface area contributed by atoms with Gasteiger partial charge in [0.25, 0.3) is 0 Å². The van der Waals surface area contributed by atoms with E-state index in [0.717, 1.165) is 11.3 Å². The number of nitrogens with zero attached hydrogens (tertiary/aromatic N) is 2. The number of aryl methyl sites for hydroxylation is 1. The van der Waals surface area contributed by atoms with Gasteiger partial charge in [-0.25, -0.2) is 14.4 Å². The van der Waals surface area contributed by atoms with Crippen LogP contribution in [-0.4, -0.2) is 9.97 Å². The zero-order valence-corrected chi connectivity index (χ0v) is 11.2. The van der Waals surface area contributed by atoms with Crippen LogP contribution in [0.4, 0.5) is 4.39 Å². The number of benzene rings is 1. The average Bonchev–Trinajstić information content (AvgIpc) is 2.40. The van der Waals surface area contributed by atoms with Gasteiger partial charge in [0, 0.05) is 6.20 Å². The molecule has 0 spiro atoms. The van der Waals surface area contributed by atoms with Gasteiger partial charge in [-0.05, 0) is 37.1 Å². The standard InChI is InChI=1S/C13H14ClFN4/c1-8-17-5-4-12(18-8)13(19-16)7-9-2-3-10(14)11(15)6-9/h2-6,13,19H,7,16H2,1H3. The predicted molar refractivity (Wildman–Crippen MR) is 71.9 cm³/mol. The van der Waals surface area contributed by atoms with Crippen molar-refractivity contribution in [2.75, 3.05) is 0 Å². The minimum atomic E-state index is -0.436. The third-order valence-electron chi connectivity index (χ3n) is 2.78. The van der Waals surface area contributed by atoms with Gasteiger partial charge in [0.1, 0.15) is 11.6 Å². The number of hydrazine groups is 1. The molecule has 0 aliphatic heterocycles. The topological polar surface area (TPSA) is 63.8 Å². The molecule has 1 heterocycles. The Balaban J connectivity index is 2.21. The predicted octanol–water partition coefficient (Wildman–Crippen LogP) is 2.32. The lowest BCUT2D eigenvalue weighted by atomic mass is 10.0. The second kappa shape index (κ2) is 6.06. The Kier molecular flexibility index (Phi) is 4.42. The van der Waals surface area contributed by atoms with Crippen molar-refractivity contribution < 1.29 is 4.39 Å². The zero-order chi connectivity index (χ0) is 13.8. The Morgan fingerprint density at radius 1 is 1.42 bits per heavy atom. The molecule has 1 atom stereocenters. The van der Waals surface area contributed by atoms with E-state index < -0.39 is 5.82 Å². The molecule has 100 valence electrons. The highest BCUT2D eigenvalue weighted by Gasteiger charge is 2.13. The van der Waals surface area contributed by atoms with Gasteiger partial charge >= 0.3 is 0 Å². The van der Waals surface area contributed by atoms with E-state index in [4.69, 9.17) is 17.4 Å². The van der Waals surface area contributed by atoms with E-state index in [2.05, 4.69) is 15.4 Å². The van der Waals surface area contributed by atoms with Gasteiger partial charge in [0.15, 0.2) is 0 Å². The SMILES string of the molecule is Cc1nccc(C(Cc2ccc(Cl)c(F)c2)NN)n1. The molecular weight excluding hydrogens is 267 g/mol. The van der Waals surface area contributed by atoms with Crippen molar-refractivity contribution in [3.63, 3.8) is 0 Å². The van der Waals surface area contributed by atoms with Crippen LogP contribution >= 0.6 is 11.6 Å². The molecule has 0 aliphatic carbocycles.